The van der Waals surface area contributed by atoms with Crippen LogP contribution < -0.4 is 0 Å². The first-order valence-corrected chi connectivity index (χ1v) is 8.85. The Balaban J connectivity index is 1.51. The quantitative estimate of drug-likeness (QED) is 0.792. The highest BCUT2D eigenvalue weighted by Gasteiger charge is 2.50. The molecule has 0 amide bonds. The van der Waals surface area contributed by atoms with Crippen LogP contribution in [-0.4, -0.2) is 54.5 Å². The van der Waals surface area contributed by atoms with Crippen molar-refractivity contribution < 1.29 is 8.78 Å². The molecule has 132 valence electrons. The van der Waals surface area contributed by atoms with Gasteiger partial charge in [-0.25, -0.2) is 13.8 Å². The fourth-order valence-corrected chi connectivity index (χ4v) is 4.61. The predicted octanol–water partition coefficient (Wildman–Crippen LogP) is 2.83. The molecule has 0 radical (unpaired) electrons. The van der Waals surface area contributed by atoms with Crippen LogP contribution in [0, 0.1) is 5.92 Å². The molecule has 0 aromatic carbocycles. The van der Waals surface area contributed by atoms with Gasteiger partial charge in [0.05, 0.1) is 24.8 Å². The second-order valence-corrected chi connectivity index (χ2v) is 7.38. The zero-order valence-corrected chi connectivity index (χ0v) is 14.0. The first-order valence-electron chi connectivity index (χ1n) is 8.85. The van der Waals surface area contributed by atoms with E-state index in [1.165, 1.54) is 0 Å². The lowest BCUT2D eigenvalue weighted by Gasteiger charge is -2.42. The Morgan fingerprint density at radius 2 is 2.12 bits per heavy atom. The van der Waals surface area contributed by atoms with Crippen LogP contribution in [0.4, 0.5) is 8.78 Å². The first-order chi connectivity index (χ1) is 12.1. The van der Waals surface area contributed by atoms with Crippen LogP contribution in [0.2, 0.25) is 0 Å². The number of halogens is 2. The lowest BCUT2D eigenvalue weighted by molar-refractivity contribution is -0.145. The van der Waals surface area contributed by atoms with E-state index in [0.29, 0.717) is 5.92 Å². The second kappa shape index (κ2) is 5.20. The summed E-state index contributed by atoms with van der Waals surface area (Å²) < 4.78 is 28.6. The minimum atomic E-state index is -2.51. The molecule has 1 aliphatic heterocycles. The zero-order chi connectivity index (χ0) is 17.2. The molecule has 3 atom stereocenters. The molecule has 8 heteroatoms. The molecule has 0 spiro atoms. The third-order valence-electron chi connectivity index (χ3n) is 5.88. The molecule has 5 rings (SSSR count). The van der Waals surface area contributed by atoms with Crippen LogP contribution in [0.15, 0.2) is 18.5 Å². The molecule has 1 saturated carbocycles. The predicted molar refractivity (Wildman–Crippen MR) is 88.7 cm³/mol. The number of alkyl halides is 2. The molecule has 0 bridgehead atoms. The van der Waals surface area contributed by atoms with Crippen LogP contribution in [0.5, 0.6) is 0 Å². The topological polar surface area (TPSA) is 62.1 Å². The van der Waals surface area contributed by atoms with E-state index in [-0.39, 0.29) is 25.0 Å². The summed E-state index contributed by atoms with van der Waals surface area (Å²) in [6.45, 7) is 1.96. The Kier molecular flexibility index (Phi) is 3.16. The molecule has 2 fully saturated rings. The number of H-pyrrole nitrogens is 1. The van der Waals surface area contributed by atoms with Gasteiger partial charge in [0.15, 0.2) is 11.3 Å². The smallest absolute Gasteiger partial charge is 0.272 e. The van der Waals surface area contributed by atoms with Crippen LogP contribution in [-0.2, 0) is 0 Å². The van der Waals surface area contributed by atoms with Gasteiger partial charge in [-0.2, -0.15) is 0 Å². The maximum absolute atomic E-state index is 13.3. The third kappa shape index (κ3) is 2.27. The molecule has 3 aromatic heterocycles. The molecule has 6 nitrogen and oxygen atoms in total. The number of aromatic nitrogens is 5. The molecule has 2 aliphatic rings. The summed E-state index contributed by atoms with van der Waals surface area (Å²) in [6, 6.07) is 2.19. The van der Waals surface area contributed by atoms with E-state index in [4.69, 9.17) is 0 Å². The highest BCUT2D eigenvalue weighted by Crippen LogP contribution is 2.45. The van der Waals surface area contributed by atoms with Gasteiger partial charge < -0.3 is 4.98 Å². The number of likely N-dealkylation sites (tertiary alicyclic amines) is 1. The summed E-state index contributed by atoms with van der Waals surface area (Å²) in [6.07, 6.45) is 6.41. The van der Waals surface area contributed by atoms with Gasteiger partial charge in [0.25, 0.3) is 5.92 Å². The van der Waals surface area contributed by atoms with Gasteiger partial charge in [0.1, 0.15) is 5.82 Å². The zero-order valence-electron chi connectivity index (χ0n) is 14.0. The van der Waals surface area contributed by atoms with Gasteiger partial charge >= 0.3 is 0 Å². The Morgan fingerprint density at radius 1 is 1.28 bits per heavy atom. The van der Waals surface area contributed by atoms with Crippen LogP contribution in [0.3, 0.4) is 0 Å². The van der Waals surface area contributed by atoms with Gasteiger partial charge in [0, 0.05) is 18.2 Å². The van der Waals surface area contributed by atoms with Gasteiger partial charge in [-0.15, -0.1) is 10.2 Å². The molecular formula is C17H20F2N6. The Bertz CT molecular complexity index is 924. The lowest BCUT2D eigenvalue weighted by Crippen LogP contribution is -2.59. The molecule has 4 heterocycles. The van der Waals surface area contributed by atoms with Crippen LogP contribution in [0.1, 0.15) is 37.9 Å². The molecule has 1 aliphatic carbocycles. The number of nitrogens with zero attached hydrogens (tertiary/aromatic N) is 5. The van der Waals surface area contributed by atoms with Crippen molar-refractivity contribution >= 4 is 16.8 Å². The second-order valence-electron chi connectivity index (χ2n) is 7.38. The fraction of sp³-hybridized carbons (Fsp3) is 0.588. The molecule has 1 N–H and O–H groups in total. The normalized spacial score (nSPS) is 29.5. The van der Waals surface area contributed by atoms with Gasteiger partial charge in [-0.1, -0.05) is 13.3 Å². The van der Waals surface area contributed by atoms with Crippen LogP contribution in [0.25, 0.3) is 16.8 Å². The summed E-state index contributed by atoms with van der Waals surface area (Å²) in [7, 11) is 0. The molecule has 1 saturated heterocycles. The number of rotatable bonds is 3. The molecule has 25 heavy (non-hydrogen) atoms. The van der Waals surface area contributed by atoms with Gasteiger partial charge in [-0.05, 0) is 24.8 Å². The lowest BCUT2D eigenvalue weighted by atomic mass is 9.93. The summed E-state index contributed by atoms with van der Waals surface area (Å²) >= 11 is 0. The van der Waals surface area contributed by atoms with E-state index in [1.807, 2.05) is 17.2 Å². The maximum Gasteiger partial charge on any atom is 0.272 e. The largest absolute Gasteiger partial charge is 0.345 e. The molecule has 0 unspecified atom stereocenters. The Morgan fingerprint density at radius 3 is 2.88 bits per heavy atom. The summed E-state index contributed by atoms with van der Waals surface area (Å²) in [4.78, 5) is 9.41. The monoisotopic (exact) mass is 346 g/mol. The van der Waals surface area contributed by atoms with E-state index in [1.54, 1.807) is 6.20 Å². The molecular weight excluding hydrogens is 326 g/mol. The van der Waals surface area contributed by atoms with Gasteiger partial charge in [-0.3, -0.25) is 9.30 Å². The highest BCUT2D eigenvalue weighted by molar-refractivity contribution is 5.74. The van der Waals surface area contributed by atoms with E-state index in [2.05, 4.69) is 31.5 Å². The number of nitrogens with one attached hydrogen (secondary N) is 1. The van der Waals surface area contributed by atoms with Crippen molar-refractivity contribution in [1.82, 2.24) is 29.5 Å². The fourth-order valence-electron chi connectivity index (χ4n) is 4.61. The standard InChI is InChI=1S/C17H20F2N6/c1-2-10-5-11(24-8-17(18,19)9-24)6-12(10)16-23-22-14-7-21-15-13(25(14)16)3-4-20-15/h3-4,7,10-12,20H,2,5-6,8-9H2,1H3/t10-,11+,12+/m1/s1. The number of hydrogen-bond acceptors (Lipinski definition) is 4. The summed E-state index contributed by atoms with van der Waals surface area (Å²) in [5, 5.41) is 8.76. The van der Waals surface area contributed by atoms with Crippen molar-refractivity contribution in [3.8, 4) is 0 Å². The summed E-state index contributed by atoms with van der Waals surface area (Å²) in [5.41, 5.74) is 2.50. The van der Waals surface area contributed by atoms with Crippen molar-refractivity contribution in [3.05, 3.63) is 24.3 Å². The number of hydrogen-bond donors (Lipinski definition) is 1. The van der Waals surface area contributed by atoms with Crippen molar-refractivity contribution in [2.75, 3.05) is 13.1 Å². The van der Waals surface area contributed by atoms with Crippen LogP contribution >= 0.6 is 0 Å². The summed E-state index contributed by atoms with van der Waals surface area (Å²) in [5.74, 6) is -0.901. The Labute approximate surface area is 143 Å². The van der Waals surface area contributed by atoms with E-state index in [9.17, 15) is 8.78 Å². The van der Waals surface area contributed by atoms with Crippen molar-refractivity contribution in [2.24, 2.45) is 5.92 Å². The third-order valence-corrected chi connectivity index (χ3v) is 5.88. The minimum absolute atomic E-state index is 0.104. The maximum atomic E-state index is 13.3. The molecule has 3 aromatic rings. The highest BCUT2D eigenvalue weighted by atomic mass is 19.3. The van der Waals surface area contributed by atoms with Crippen molar-refractivity contribution in [3.63, 3.8) is 0 Å². The van der Waals surface area contributed by atoms with E-state index >= 15 is 0 Å². The minimum Gasteiger partial charge on any atom is -0.345 e. The average Bonchev–Trinajstić information content (AvgIpc) is 3.27. The first kappa shape index (κ1) is 15.2. The van der Waals surface area contributed by atoms with Crippen molar-refractivity contribution in [1.29, 1.82) is 0 Å². The van der Waals surface area contributed by atoms with E-state index < -0.39 is 5.92 Å². The SMILES string of the molecule is CC[C@@H]1C[C@H](N2CC(F)(F)C2)C[C@@H]1c1nnc2cnc3[nH]ccc3n12. The Hall–Kier alpha value is -2.09. The number of aromatic amines is 1. The van der Waals surface area contributed by atoms with Crippen molar-refractivity contribution in [2.45, 2.75) is 44.1 Å². The average molecular weight is 346 g/mol. The van der Waals surface area contributed by atoms with E-state index in [0.717, 1.165) is 41.9 Å². The number of fused-ring (bicyclic) bond motifs is 3. The van der Waals surface area contributed by atoms with Gasteiger partial charge in [0.2, 0.25) is 0 Å².